The van der Waals surface area contributed by atoms with Crippen molar-refractivity contribution in [2.45, 2.75) is 70.9 Å². The molecule has 1 saturated carbocycles. The topological polar surface area (TPSA) is 66.0 Å². The van der Waals surface area contributed by atoms with Crippen LogP contribution in [0.25, 0.3) is 0 Å². The molecule has 148 valence electrons. The van der Waals surface area contributed by atoms with Gasteiger partial charge >= 0.3 is 0 Å². The molecular formula is C18H37IN4O2. The first-order valence-corrected chi connectivity index (χ1v) is 9.35. The average molecular weight is 468 g/mol. The van der Waals surface area contributed by atoms with Gasteiger partial charge in [0.1, 0.15) is 6.54 Å². The van der Waals surface area contributed by atoms with E-state index < -0.39 is 0 Å². The number of hydrogen-bond donors (Lipinski definition) is 2. The monoisotopic (exact) mass is 468 g/mol. The smallest absolute Gasteiger partial charge is 0.243 e. The second-order valence-electron chi connectivity index (χ2n) is 6.99. The first-order chi connectivity index (χ1) is 11.5. The Morgan fingerprint density at radius 3 is 2.48 bits per heavy atom. The van der Waals surface area contributed by atoms with Gasteiger partial charge in [-0.1, -0.05) is 19.3 Å². The molecule has 1 fully saturated rings. The number of halogens is 1. The second kappa shape index (κ2) is 14.6. The summed E-state index contributed by atoms with van der Waals surface area (Å²) in [6, 6.07) is 0.476. The lowest BCUT2D eigenvalue weighted by Gasteiger charge is -2.25. The van der Waals surface area contributed by atoms with E-state index in [1.165, 1.54) is 32.1 Å². The van der Waals surface area contributed by atoms with Gasteiger partial charge in [0.2, 0.25) is 5.91 Å². The van der Waals surface area contributed by atoms with Crippen molar-refractivity contribution in [1.29, 1.82) is 0 Å². The first-order valence-electron chi connectivity index (χ1n) is 9.35. The van der Waals surface area contributed by atoms with Crippen molar-refractivity contribution < 1.29 is 9.53 Å². The van der Waals surface area contributed by atoms with Crippen LogP contribution < -0.4 is 10.6 Å². The minimum absolute atomic E-state index is 0. The highest BCUT2D eigenvalue weighted by Crippen LogP contribution is 2.17. The molecule has 1 rings (SSSR count). The lowest BCUT2D eigenvalue weighted by Crippen LogP contribution is -2.45. The van der Waals surface area contributed by atoms with Crippen LogP contribution in [0.5, 0.6) is 0 Å². The summed E-state index contributed by atoms with van der Waals surface area (Å²) in [5, 5.41) is 6.86. The highest BCUT2D eigenvalue weighted by atomic mass is 127. The van der Waals surface area contributed by atoms with Crippen molar-refractivity contribution in [3.05, 3.63) is 0 Å². The van der Waals surface area contributed by atoms with Crippen LogP contribution in [0.2, 0.25) is 0 Å². The van der Waals surface area contributed by atoms with Crippen LogP contribution in [0.15, 0.2) is 4.99 Å². The number of ether oxygens (including phenoxy) is 1. The molecule has 0 aliphatic heterocycles. The zero-order valence-corrected chi connectivity index (χ0v) is 18.7. The summed E-state index contributed by atoms with van der Waals surface area (Å²) in [5.41, 5.74) is 0. The van der Waals surface area contributed by atoms with Gasteiger partial charge in [0.25, 0.3) is 0 Å². The number of unbranched alkanes of at least 4 members (excludes halogenated alkanes) is 1. The van der Waals surface area contributed by atoms with Gasteiger partial charge in [-0.15, -0.1) is 24.0 Å². The lowest BCUT2D eigenvalue weighted by atomic mass is 9.96. The van der Waals surface area contributed by atoms with Crippen molar-refractivity contribution >= 4 is 35.8 Å². The summed E-state index contributed by atoms with van der Waals surface area (Å²) in [7, 11) is 3.52. The maximum absolute atomic E-state index is 11.8. The molecule has 1 amide bonds. The van der Waals surface area contributed by atoms with Crippen molar-refractivity contribution in [2.75, 3.05) is 33.8 Å². The molecule has 7 heteroatoms. The Balaban J connectivity index is 0.00000576. The van der Waals surface area contributed by atoms with Gasteiger partial charge in [0.05, 0.1) is 6.10 Å². The predicted molar refractivity (Wildman–Crippen MR) is 115 cm³/mol. The van der Waals surface area contributed by atoms with Crippen LogP contribution in [-0.4, -0.2) is 62.7 Å². The van der Waals surface area contributed by atoms with Crippen molar-refractivity contribution in [3.63, 3.8) is 0 Å². The number of rotatable bonds is 9. The zero-order chi connectivity index (χ0) is 17.8. The van der Waals surface area contributed by atoms with E-state index in [4.69, 9.17) is 4.74 Å². The Labute approximate surface area is 170 Å². The fourth-order valence-corrected chi connectivity index (χ4v) is 2.63. The van der Waals surface area contributed by atoms with Crippen LogP contribution in [0.1, 0.15) is 58.8 Å². The molecule has 0 bridgehead atoms. The van der Waals surface area contributed by atoms with E-state index in [0.717, 1.165) is 32.0 Å². The lowest BCUT2D eigenvalue weighted by molar-refractivity contribution is -0.127. The first kappa shape index (κ1) is 24.4. The number of carbonyl (C=O) groups is 1. The number of carbonyl (C=O) groups excluding carboxylic acids is 1. The van der Waals surface area contributed by atoms with Gasteiger partial charge in [-0.3, -0.25) is 4.79 Å². The average Bonchev–Trinajstić information content (AvgIpc) is 2.55. The Morgan fingerprint density at radius 2 is 1.88 bits per heavy atom. The predicted octanol–water partition coefficient (Wildman–Crippen LogP) is 2.77. The summed E-state index contributed by atoms with van der Waals surface area (Å²) in [6.45, 7) is 5.93. The molecule has 0 atom stereocenters. The van der Waals surface area contributed by atoms with Gasteiger partial charge in [-0.05, 0) is 39.5 Å². The third-order valence-corrected chi connectivity index (χ3v) is 4.13. The molecule has 6 nitrogen and oxygen atoms in total. The summed E-state index contributed by atoms with van der Waals surface area (Å²) < 4.78 is 5.55. The maximum Gasteiger partial charge on any atom is 0.243 e. The van der Waals surface area contributed by atoms with E-state index in [1.54, 1.807) is 19.0 Å². The molecule has 0 aromatic carbocycles. The van der Waals surface area contributed by atoms with Crippen LogP contribution >= 0.6 is 24.0 Å². The van der Waals surface area contributed by atoms with Gasteiger partial charge in [0.15, 0.2) is 5.96 Å². The molecule has 0 saturated heterocycles. The van der Waals surface area contributed by atoms with Crippen LogP contribution in [0.3, 0.4) is 0 Å². The fraction of sp³-hybridized carbons (Fsp3) is 0.889. The van der Waals surface area contributed by atoms with Gasteiger partial charge < -0.3 is 20.3 Å². The second-order valence-corrected chi connectivity index (χ2v) is 6.99. The molecule has 0 aromatic heterocycles. The largest absolute Gasteiger partial charge is 0.379 e. The molecular weight excluding hydrogens is 431 g/mol. The number of hydrogen-bond acceptors (Lipinski definition) is 3. The van der Waals surface area contributed by atoms with E-state index in [9.17, 15) is 4.79 Å². The number of aliphatic imine (C=N–C) groups is 1. The number of nitrogens with zero attached hydrogens (tertiary/aromatic N) is 2. The quantitative estimate of drug-likeness (QED) is 0.237. The highest BCUT2D eigenvalue weighted by molar-refractivity contribution is 14.0. The van der Waals surface area contributed by atoms with Gasteiger partial charge in [-0.2, -0.15) is 0 Å². The molecule has 0 radical (unpaired) electrons. The molecule has 0 unspecified atom stereocenters. The van der Waals surface area contributed by atoms with E-state index in [2.05, 4.69) is 29.5 Å². The van der Waals surface area contributed by atoms with Crippen molar-refractivity contribution in [3.8, 4) is 0 Å². The van der Waals surface area contributed by atoms with Crippen LogP contribution in [0, 0.1) is 0 Å². The maximum atomic E-state index is 11.8. The number of guanidine groups is 1. The minimum atomic E-state index is 0. The Hall–Kier alpha value is -0.570. The standard InChI is InChI=1S/C18H36N4O2.HI/c1-15(2)24-13-9-8-12-19-18(20-14-17(23)22(3)4)21-16-10-6-5-7-11-16;/h15-16H,5-14H2,1-4H3,(H2,19,20,21);1H. The van der Waals surface area contributed by atoms with Gasteiger partial charge in [-0.25, -0.2) is 4.99 Å². The molecule has 1 aliphatic rings. The molecule has 0 spiro atoms. The van der Waals surface area contributed by atoms with Crippen molar-refractivity contribution in [2.24, 2.45) is 4.99 Å². The van der Waals surface area contributed by atoms with Crippen molar-refractivity contribution in [1.82, 2.24) is 15.5 Å². The zero-order valence-electron chi connectivity index (χ0n) is 16.3. The molecule has 0 aromatic rings. The SMILES string of the molecule is CC(C)OCCCCNC(=NCC(=O)N(C)C)NC1CCCCC1.I. The minimum Gasteiger partial charge on any atom is -0.379 e. The highest BCUT2D eigenvalue weighted by Gasteiger charge is 2.15. The summed E-state index contributed by atoms with van der Waals surface area (Å²) >= 11 is 0. The Kier molecular flexibility index (Phi) is 14.3. The van der Waals surface area contributed by atoms with E-state index >= 15 is 0 Å². The Bertz CT molecular complexity index is 383. The summed E-state index contributed by atoms with van der Waals surface area (Å²) in [4.78, 5) is 17.8. The molecule has 0 heterocycles. The van der Waals surface area contributed by atoms with Crippen LogP contribution in [-0.2, 0) is 9.53 Å². The third kappa shape index (κ3) is 12.4. The summed E-state index contributed by atoms with van der Waals surface area (Å²) in [6.07, 6.45) is 8.59. The molecule has 1 aliphatic carbocycles. The number of nitrogens with one attached hydrogen (secondary N) is 2. The van der Waals surface area contributed by atoms with E-state index in [0.29, 0.717) is 12.1 Å². The number of likely N-dealkylation sites (N-methyl/N-ethyl adjacent to an activating group) is 1. The van der Waals surface area contributed by atoms with E-state index in [-0.39, 0.29) is 36.4 Å². The molecule has 25 heavy (non-hydrogen) atoms. The van der Waals surface area contributed by atoms with Crippen LogP contribution in [0.4, 0.5) is 0 Å². The van der Waals surface area contributed by atoms with Gasteiger partial charge in [0, 0.05) is 33.3 Å². The Morgan fingerprint density at radius 1 is 1.20 bits per heavy atom. The normalized spacial score (nSPS) is 15.6. The fourth-order valence-electron chi connectivity index (χ4n) is 2.63. The van der Waals surface area contributed by atoms with E-state index in [1.807, 2.05) is 0 Å². The number of amides is 1. The third-order valence-electron chi connectivity index (χ3n) is 4.13. The molecule has 2 N–H and O–H groups in total. The summed E-state index contributed by atoms with van der Waals surface area (Å²) in [5.74, 6) is 0.784.